The third-order valence-corrected chi connectivity index (χ3v) is 2.90. The number of likely N-dealkylation sites (N-methyl/N-ethyl adjacent to an activating group) is 1. The lowest BCUT2D eigenvalue weighted by Crippen LogP contribution is -2.55. The Kier molecular flexibility index (Phi) is 1.72. The summed E-state index contributed by atoms with van der Waals surface area (Å²) in [7, 11) is 1.82. The first-order valence-electron chi connectivity index (χ1n) is 4.36. The van der Waals surface area contributed by atoms with Crippen LogP contribution in [0.4, 0.5) is 4.79 Å². The van der Waals surface area contributed by atoms with Crippen LogP contribution in [0.5, 0.6) is 0 Å². The maximum absolute atomic E-state index is 11.1. The number of nitrogens with zero attached hydrogens (tertiary/aromatic N) is 1. The van der Waals surface area contributed by atoms with Gasteiger partial charge in [-0.05, 0) is 19.4 Å². The Morgan fingerprint density at radius 1 is 1.67 bits per heavy atom. The van der Waals surface area contributed by atoms with Crippen LogP contribution in [0, 0.1) is 0 Å². The minimum Gasteiger partial charge on any atom is -0.447 e. The second-order valence-electron chi connectivity index (χ2n) is 3.62. The average molecular weight is 170 g/mol. The van der Waals surface area contributed by atoms with E-state index in [0.29, 0.717) is 6.61 Å². The number of nitrogens with one attached hydrogen (secondary N) is 1. The molecule has 0 saturated carbocycles. The van der Waals surface area contributed by atoms with Crippen LogP contribution in [-0.2, 0) is 4.74 Å². The number of hydrogen-bond donors (Lipinski definition) is 1. The third kappa shape index (κ3) is 0.982. The Balaban J connectivity index is 2.14. The van der Waals surface area contributed by atoms with E-state index in [9.17, 15) is 4.79 Å². The molecule has 1 unspecified atom stereocenters. The molecule has 1 spiro atoms. The highest BCUT2D eigenvalue weighted by atomic mass is 16.6. The molecule has 2 fully saturated rings. The van der Waals surface area contributed by atoms with Gasteiger partial charge >= 0.3 is 6.09 Å². The molecule has 1 N–H and O–H groups in total. The fourth-order valence-electron chi connectivity index (χ4n) is 1.94. The number of piperidine rings is 1. The Labute approximate surface area is 71.9 Å². The molecular formula is C8H14N2O2. The Morgan fingerprint density at radius 3 is 3.00 bits per heavy atom. The quantitative estimate of drug-likeness (QED) is 0.564. The van der Waals surface area contributed by atoms with E-state index in [2.05, 4.69) is 5.32 Å². The number of hydrogen-bond acceptors (Lipinski definition) is 3. The van der Waals surface area contributed by atoms with Gasteiger partial charge in [0, 0.05) is 13.6 Å². The van der Waals surface area contributed by atoms with E-state index < -0.39 is 0 Å². The predicted molar refractivity (Wildman–Crippen MR) is 43.9 cm³/mol. The van der Waals surface area contributed by atoms with Crippen molar-refractivity contribution in [3.8, 4) is 0 Å². The summed E-state index contributed by atoms with van der Waals surface area (Å²) < 4.78 is 5.01. The lowest BCUT2D eigenvalue weighted by Gasteiger charge is -2.36. The fourth-order valence-corrected chi connectivity index (χ4v) is 1.94. The molecule has 4 nitrogen and oxygen atoms in total. The van der Waals surface area contributed by atoms with Gasteiger partial charge in [-0.1, -0.05) is 0 Å². The van der Waals surface area contributed by atoms with Gasteiger partial charge in [-0.25, -0.2) is 4.79 Å². The van der Waals surface area contributed by atoms with E-state index in [1.807, 2.05) is 7.05 Å². The molecule has 0 aromatic carbocycles. The number of carbonyl (C=O) groups is 1. The van der Waals surface area contributed by atoms with Crippen molar-refractivity contribution in [1.82, 2.24) is 10.2 Å². The molecule has 0 aromatic rings. The highest BCUT2D eigenvalue weighted by Gasteiger charge is 2.45. The molecule has 2 heterocycles. The van der Waals surface area contributed by atoms with Gasteiger partial charge in [0.05, 0.1) is 5.54 Å². The zero-order chi connectivity index (χ0) is 8.60. The summed E-state index contributed by atoms with van der Waals surface area (Å²) >= 11 is 0. The average Bonchev–Trinajstić information content (AvgIpc) is 2.37. The molecule has 0 aliphatic carbocycles. The second-order valence-corrected chi connectivity index (χ2v) is 3.62. The van der Waals surface area contributed by atoms with E-state index in [0.717, 1.165) is 25.9 Å². The predicted octanol–water partition coefficient (Wildman–Crippen LogP) is 0.191. The summed E-state index contributed by atoms with van der Waals surface area (Å²) in [5, 5.41) is 3.29. The van der Waals surface area contributed by atoms with Gasteiger partial charge in [-0.3, -0.25) is 0 Å². The third-order valence-electron chi connectivity index (χ3n) is 2.90. The Hall–Kier alpha value is -0.770. The molecule has 68 valence electrons. The molecule has 2 aliphatic heterocycles. The Bertz CT molecular complexity index is 199. The van der Waals surface area contributed by atoms with Gasteiger partial charge in [0.25, 0.3) is 0 Å². The molecule has 1 atom stereocenters. The molecule has 2 rings (SSSR count). The zero-order valence-electron chi connectivity index (χ0n) is 7.30. The van der Waals surface area contributed by atoms with Gasteiger partial charge in [-0.15, -0.1) is 0 Å². The normalized spacial score (nSPS) is 35.8. The summed E-state index contributed by atoms with van der Waals surface area (Å²) in [6.45, 7) is 2.48. The lowest BCUT2D eigenvalue weighted by atomic mass is 9.90. The SMILES string of the molecule is CN1C(=O)OCC12CCCNC2. The number of rotatable bonds is 0. The second kappa shape index (κ2) is 2.62. The monoisotopic (exact) mass is 170 g/mol. The van der Waals surface area contributed by atoms with E-state index in [1.54, 1.807) is 4.90 Å². The molecule has 1 amide bonds. The van der Waals surface area contributed by atoms with Crippen molar-refractivity contribution in [2.24, 2.45) is 0 Å². The minimum atomic E-state index is -0.182. The number of ether oxygens (including phenoxy) is 1. The summed E-state index contributed by atoms with van der Waals surface area (Å²) in [5.41, 5.74) is -0.0463. The van der Waals surface area contributed by atoms with Crippen LogP contribution in [0.3, 0.4) is 0 Å². The molecule has 0 radical (unpaired) electrons. The number of amides is 1. The van der Waals surface area contributed by atoms with Gasteiger partial charge in [-0.2, -0.15) is 0 Å². The van der Waals surface area contributed by atoms with Crippen molar-refractivity contribution < 1.29 is 9.53 Å². The van der Waals surface area contributed by atoms with Crippen LogP contribution in [0.1, 0.15) is 12.8 Å². The molecule has 2 saturated heterocycles. The standard InChI is InChI=1S/C8H14N2O2/c1-10-7(11)12-6-8(10)3-2-4-9-5-8/h9H,2-6H2,1H3. The van der Waals surface area contributed by atoms with Crippen LogP contribution in [0.25, 0.3) is 0 Å². The fraction of sp³-hybridized carbons (Fsp3) is 0.875. The highest BCUT2D eigenvalue weighted by Crippen LogP contribution is 2.28. The van der Waals surface area contributed by atoms with Crippen molar-refractivity contribution in [3.05, 3.63) is 0 Å². The maximum atomic E-state index is 11.1. The van der Waals surface area contributed by atoms with E-state index in [4.69, 9.17) is 4.74 Å². The summed E-state index contributed by atoms with van der Waals surface area (Å²) in [6, 6.07) is 0. The highest BCUT2D eigenvalue weighted by molar-refractivity contribution is 5.70. The topological polar surface area (TPSA) is 41.6 Å². The van der Waals surface area contributed by atoms with Crippen molar-refractivity contribution in [3.63, 3.8) is 0 Å². The van der Waals surface area contributed by atoms with Crippen molar-refractivity contribution in [2.45, 2.75) is 18.4 Å². The van der Waals surface area contributed by atoms with Gasteiger partial charge in [0.15, 0.2) is 0 Å². The van der Waals surface area contributed by atoms with Crippen LogP contribution < -0.4 is 5.32 Å². The molecule has 12 heavy (non-hydrogen) atoms. The molecule has 2 aliphatic rings. The lowest BCUT2D eigenvalue weighted by molar-refractivity contribution is 0.152. The minimum absolute atomic E-state index is 0.0463. The van der Waals surface area contributed by atoms with Crippen molar-refractivity contribution in [2.75, 3.05) is 26.7 Å². The first-order chi connectivity index (χ1) is 5.75. The summed E-state index contributed by atoms with van der Waals surface area (Å²) in [5.74, 6) is 0. The first-order valence-corrected chi connectivity index (χ1v) is 4.36. The molecule has 0 bridgehead atoms. The first kappa shape index (κ1) is 7.86. The largest absolute Gasteiger partial charge is 0.447 e. The van der Waals surface area contributed by atoms with Crippen LogP contribution >= 0.6 is 0 Å². The van der Waals surface area contributed by atoms with Gasteiger partial charge in [0.1, 0.15) is 6.61 Å². The zero-order valence-corrected chi connectivity index (χ0v) is 7.30. The van der Waals surface area contributed by atoms with Crippen molar-refractivity contribution >= 4 is 6.09 Å². The van der Waals surface area contributed by atoms with Crippen LogP contribution in [0.15, 0.2) is 0 Å². The van der Waals surface area contributed by atoms with E-state index in [-0.39, 0.29) is 11.6 Å². The van der Waals surface area contributed by atoms with Gasteiger partial charge < -0.3 is 15.0 Å². The number of carbonyl (C=O) groups excluding carboxylic acids is 1. The van der Waals surface area contributed by atoms with E-state index >= 15 is 0 Å². The Morgan fingerprint density at radius 2 is 2.50 bits per heavy atom. The van der Waals surface area contributed by atoms with Crippen molar-refractivity contribution in [1.29, 1.82) is 0 Å². The smallest absolute Gasteiger partial charge is 0.410 e. The molecule has 0 aromatic heterocycles. The number of cyclic esters (lactones) is 1. The van der Waals surface area contributed by atoms with Gasteiger partial charge in [0.2, 0.25) is 0 Å². The van der Waals surface area contributed by atoms with Crippen LogP contribution in [0.2, 0.25) is 0 Å². The maximum Gasteiger partial charge on any atom is 0.410 e. The molecule has 4 heteroatoms. The van der Waals surface area contributed by atoms with E-state index in [1.165, 1.54) is 0 Å². The summed E-state index contributed by atoms with van der Waals surface area (Å²) in [4.78, 5) is 12.9. The molecular weight excluding hydrogens is 156 g/mol. The van der Waals surface area contributed by atoms with Crippen LogP contribution in [-0.4, -0.2) is 43.3 Å². The summed E-state index contributed by atoms with van der Waals surface area (Å²) in [6.07, 6.45) is 2.00.